The number of hydrogen-bond acceptors (Lipinski definition) is 5. The predicted octanol–water partition coefficient (Wildman–Crippen LogP) is 2.82. The summed E-state index contributed by atoms with van der Waals surface area (Å²) < 4.78 is 0. The molecule has 0 fully saturated rings. The molecule has 0 aliphatic carbocycles. The van der Waals surface area contributed by atoms with E-state index in [1.165, 1.54) is 6.08 Å². The average molecular weight is 282 g/mol. The van der Waals surface area contributed by atoms with Gasteiger partial charge in [-0.25, -0.2) is 9.59 Å². The number of aliphatic hydroxyl groups excluding tert-OH is 1. The minimum atomic E-state index is 0.568. The van der Waals surface area contributed by atoms with Crippen LogP contribution in [0.1, 0.15) is 11.1 Å². The molecule has 0 aliphatic heterocycles. The number of nitrogens with zero attached hydrogens (tertiary/aromatic N) is 2. The van der Waals surface area contributed by atoms with E-state index in [0.29, 0.717) is 17.8 Å². The van der Waals surface area contributed by atoms with E-state index in [9.17, 15) is 9.59 Å². The van der Waals surface area contributed by atoms with Crippen molar-refractivity contribution in [3.05, 3.63) is 59.7 Å². The first-order chi connectivity index (χ1) is 10.3. The Morgan fingerprint density at radius 3 is 2.14 bits per heavy atom. The zero-order valence-corrected chi connectivity index (χ0v) is 11.5. The Kier molecular flexibility index (Phi) is 7.05. The van der Waals surface area contributed by atoms with Crippen molar-refractivity contribution in [2.45, 2.75) is 6.42 Å². The fraction of sp³-hybridized carbons (Fsp3) is 0.125. The summed E-state index contributed by atoms with van der Waals surface area (Å²) in [5.41, 5.74) is 3.17. The molecule has 0 saturated heterocycles. The van der Waals surface area contributed by atoms with Crippen LogP contribution < -0.4 is 0 Å². The SMILES string of the molecule is CO.O=C=Nc1ccc(Cc2ccccc2N=C=O)cc1. The van der Waals surface area contributed by atoms with E-state index in [1.54, 1.807) is 24.3 Å². The van der Waals surface area contributed by atoms with Gasteiger partial charge in [-0.05, 0) is 35.7 Å². The van der Waals surface area contributed by atoms with Crippen molar-refractivity contribution in [1.29, 1.82) is 0 Å². The second kappa shape index (κ2) is 9.13. The van der Waals surface area contributed by atoms with Gasteiger partial charge in [0, 0.05) is 7.11 Å². The first-order valence-electron chi connectivity index (χ1n) is 6.11. The molecule has 0 unspecified atom stereocenters. The van der Waals surface area contributed by atoms with E-state index in [1.807, 2.05) is 30.3 Å². The number of aliphatic hydroxyl groups is 1. The highest BCUT2D eigenvalue weighted by Gasteiger charge is 2.02. The molecule has 5 nitrogen and oxygen atoms in total. The number of para-hydroxylation sites is 1. The van der Waals surface area contributed by atoms with Gasteiger partial charge in [-0.2, -0.15) is 9.98 Å². The number of aliphatic imine (C=N–C) groups is 2. The van der Waals surface area contributed by atoms with Crippen LogP contribution in [0.4, 0.5) is 11.4 Å². The molecule has 0 aliphatic rings. The number of isocyanates is 2. The molecule has 0 amide bonds. The smallest absolute Gasteiger partial charge is 0.240 e. The normalized spacial score (nSPS) is 8.67. The van der Waals surface area contributed by atoms with Crippen molar-refractivity contribution in [2.75, 3.05) is 7.11 Å². The standard InChI is InChI=1S/C15H10N2O2.CH4O/c18-10-16-14-7-5-12(6-8-14)9-13-3-1-2-4-15(13)17-11-19;1-2/h1-8H,9H2;2H,1H3. The van der Waals surface area contributed by atoms with Crippen LogP contribution in [0, 0.1) is 0 Å². The molecule has 106 valence electrons. The minimum Gasteiger partial charge on any atom is -0.400 e. The molecule has 0 spiro atoms. The highest BCUT2D eigenvalue weighted by Crippen LogP contribution is 2.22. The van der Waals surface area contributed by atoms with Gasteiger partial charge in [-0.1, -0.05) is 30.3 Å². The van der Waals surface area contributed by atoms with Gasteiger partial charge in [0.15, 0.2) is 0 Å². The van der Waals surface area contributed by atoms with Gasteiger partial charge in [0.1, 0.15) is 0 Å². The molecule has 5 heteroatoms. The van der Waals surface area contributed by atoms with Crippen LogP contribution in [-0.4, -0.2) is 24.4 Å². The number of hydrogen-bond donors (Lipinski definition) is 1. The number of benzene rings is 2. The number of carbonyl (C=O) groups excluding carboxylic acids is 2. The van der Waals surface area contributed by atoms with Crippen molar-refractivity contribution in [2.24, 2.45) is 9.98 Å². The van der Waals surface area contributed by atoms with E-state index in [0.717, 1.165) is 18.2 Å². The summed E-state index contributed by atoms with van der Waals surface area (Å²) >= 11 is 0. The van der Waals surface area contributed by atoms with E-state index in [-0.39, 0.29) is 0 Å². The van der Waals surface area contributed by atoms with E-state index >= 15 is 0 Å². The first kappa shape index (κ1) is 16.2. The summed E-state index contributed by atoms with van der Waals surface area (Å²) in [4.78, 5) is 27.7. The quantitative estimate of drug-likeness (QED) is 0.691. The zero-order chi connectivity index (χ0) is 15.5. The molecule has 1 N–H and O–H groups in total. The molecular formula is C16H14N2O3. The highest BCUT2D eigenvalue weighted by atomic mass is 16.2. The third kappa shape index (κ3) is 4.97. The van der Waals surface area contributed by atoms with Crippen molar-refractivity contribution >= 4 is 23.5 Å². The zero-order valence-electron chi connectivity index (χ0n) is 11.5. The van der Waals surface area contributed by atoms with E-state index in [2.05, 4.69) is 9.98 Å². The molecule has 21 heavy (non-hydrogen) atoms. The van der Waals surface area contributed by atoms with Crippen LogP contribution in [0.3, 0.4) is 0 Å². The second-order valence-electron chi connectivity index (χ2n) is 3.88. The molecule has 2 rings (SSSR count). The molecule has 0 bridgehead atoms. The van der Waals surface area contributed by atoms with Gasteiger partial charge in [-0.15, -0.1) is 0 Å². The lowest BCUT2D eigenvalue weighted by atomic mass is 10.0. The first-order valence-corrected chi connectivity index (χ1v) is 6.11. The monoisotopic (exact) mass is 282 g/mol. The van der Waals surface area contributed by atoms with E-state index in [4.69, 9.17) is 5.11 Å². The van der Waals surface area contributed by atoms with Crippen LogP contribution >= 0.6 is 0 Å². The van der Waals surface area contributed by atoms with Gasteiger partial charge in [-0.3, -0.25) is 0 Å². The summed E-state index contributed by atoms with van der Waals surface area (Å²) in [6.45, 7) is 0. The summed E-state index contributed by atoms with van der Waals surface area (Å²) in [6.07, 6.45) is 3.69. The maximum Gasteiger partial charge on any atom is 0.240 e. The largest absolute Gasteiger partial charge is 0.400 e. The van der Waals surface area contributed by atoms with Gasteiger partial charge in [0.05, 0.1) is 11.4 Å². The predicted molar refractivity (Wildman–Crippen MR) is 79.4 cm³/mol. The molecule has 0 aromatic heterocycles. The lowest BCUT2D eigenvalue weighted by Crippen LogP contribution is -1.88. The summed E-state index contributed by atoms with van der Waals surface area (Å²) in [5, 5.41) is 7.00. The van der Waals surface area contributed by atoms with Crippen LogP contribution in [0.25, 0.3) is 0 Å². The van der Waals surface area contributed by atoms with Crippen molar-refractivity contribution in [1.82, 2.24) is 0 Å². The topological polar surface area (TPSA) is 79.1 Å². The van der Waals surface area contributed by atoms with Gasteiger partial charge >= 0.3 is 0 Å². The minimum absolute atomic E-state index is 0.568. The fourth-order valence-electron chi connectivity index (χ4n) is 1.78. The molecule has 2 aromatic rings. The van der Waals surface area contributed by atoms with Gasteiger partial charge in [0.2, 0.25) is 12.2 Å². The average Bonchev–Trinajstić information content (AvgIpc) is 2.54. The maximum atomic E-state index is 10.4. The maximum absolute atomic E-state index is 10.4. The fourth-order valence-corrected chi connectivity index (χ4v) is 1.78. The Morgan fingerprint density at radius 2 is 1.52 bits per heavy atom. The van der Waals surface area contributed by atoms with Crippen LogP contribution in [0.15, 0.2) is 58.5 Å². The van der Waals surface area contributed by atoms with Crippen LogP contribution in [0.5, 0.6) is 0 Å². The molecule has 0 radical (unpaired) electrons. The van der Waals surface area contributed by atoms with E-state index < -0.39 is 0 Å². The Hall–Kier alpha value is -2.84. The molecular weight excluding hydrogens is 268 g/mol. The van der Waals surface area contributed by atoms with Gasteiger partial charge < -0.3 is 5.11 Å². The van der Waals surface area contributed by atoms with Crippen LogP contribution in [0.2, 0.25) is 0 Å². The van der Waals surface area contributed by atoms with Crippen molar-refractivity contribution in [3.8, 4) is 0 Å². The Labute approximate surface area is 122 Å². The number of rotatable bonds is 4. The Bertz CT molecular complexity index is 668. The second-order valence-corrected chi connectivity index (χ2v) is 3.88. The van der Waals surface area contributed by atoms with Crippen molar-refractivity contribution in [3.63, 3.8) is 0 Å². The Morgan fingerprint density at radius 1 is 0.905 bits per heavy atom. The Balaban J connectivity index is 0.00000106. The molecule has 0 saturated carbocycles. The highest BCUT2D eigenvalue weighted by molar-refractivity contribution is 5.55. The lowest BCUT2D eigenvalue weighted by molar-refractivity contribution is 0.399. The molecule has 2 aromatic carbocycles. The molecule has 0 atom stereocenters. The lowest BCUT2D eigenvalue weighted by Gasteiger charge is -2.04. The van der Waals surface area contributed by atoms with Crippen molar-refractivity contribution < 1.29 is 14.7 Å². The summed E-state index contributed by atoms with van der Waals surface area (Å²) in [5.74, 6) is 0. The van der Waals surface area contributed by atoms with Gasteiger partial charge in [0.25, 0.3) is 0 Å². The summed E-state index contributed by atoms with van der Waals surface area (Å²) in [7, 11) is 1.00. The summed E-state index contributed by atoms with van der Waals surface area (Å²) in [6, 6.07) is 14.6. The third-order valence-electron chi connectivity index (χ3n) is 2.66. The molecule has 0 heterocycles. The third-order valence-corrected chi connectivity index (χ3v) is 2.66. The van der Waals surface area contributed by atoms with Crippen LogP contribution in [-0.2, 0) is 16.0 Å².